The maximum atomic E-state index is 9.10. The minimum absolute atomic E-state index is 0. The molecule has 0 spiro atoms. The molecule has 2 N–H and O–H groups in total. The minimum Gasteiger partial charge on any atom is -1.00 e. The Labute approximate surface area is 83.5 Å². The van der Waals surface area contributed by atoms with Gasteiger partial charge in [0, 0.05) is 0 Å². The maximum absolute atomic E-state index is 9.10. The second-order valence-electron chi connectivity index (χ2n) is 0.610. The minimum atomic E-state index is -1.82. The van der Waals surface area contributed by atoms with Crippen LogP contribution >= 0.6 is 0 Å². The van der Waals surface area contributed by atoms with E-state index in [4.69, 9.17) is 19.8 Å². The Balaban J connectivity index is -0.00000000833. The van der Waals surface area contributed by atoms with Crippen molar-refractivity contribution in [3.8, 4) is 0 Å². The Morgan fingerprint density at radius 2 is 1.12 bits per heavy atom. The molecule has 0 heterocycles. The quantitative estimate of drug-likeness (QED) is 0.331. The van der Waals surface area contributed by atoms with Crippen LogP contribution < -0.4 is 0 Å². The summed E-state index contributed by atoms with van der Waals surface area (Å²) in [5, 5.41) is 14.8. The van der Waals surface area contributed by atoms with Crippen LogP contribution in [-0.2, 0) is 9.59 Å². The summed E-state index contributed by atoms with van der Waals surface area (Å²) >= 11 is 0. The number of aliphatic carboxylic acids is 2. The number of carboxylic acid groups (broad SMARTS) is 2. The van der Waals surface area contributed by atoms with Gasteiger partial charge in [0.15, 0.2) is 0 Å². The molecule has 0 saturated carbocycles. The number of carbonyl (C=O) groups is 2. The number of rotatable bonds is 0. The zero-order chi connectivity index (χ0) is 5.15. The first kappa shape index (κ1) is 15.8. The van der Waals surface area contributed by atoms with E-state index < -0.39 is 11.9 Å². The zero-order valence-electron chi connectivity index (χ0n) is 8.13. The third-order valence-electron chi connectivity index (χ3n) is 0.183. The molecule has 4 nitrogen and oxygen atoms in total. The molecule has 0 atom stereocenters. The first-order chi connectivity index (χ1) is 2.64. The molecule has 0 amide bonds. The fourth-order valence-electron chi connectivity index (χ4n) is 0. The van der Waals surface area contributed by atoms with Gasteiger partial charge in [0.05, 0.1) is 0 Å². The van der Waals surface area contributed by atoms with E-state index in [1.165, 1.54) is 0 Å². The molecule has 0 saturated heterocycles. The van der Waals surface area contributed by atoms with Gasteiger partial charge in [-0.2, -0.15) is 0 Å². The molecule has 0 unspecified atom stereocenters. The van der Waals surface area contributed by atoms with Gasteiger partial charge in [-0.25, -0.2) is 9.59 Å². The monoisotopic (exact) mass is 142 g/mol. The van der Waals surface area contributed by atoms with E-state index in [2.05, 4.69) is 0 Å². The zero-order valence-corrected chi connectivity index (χ0v) is 6.95. The van der Waals surface area contributed by atoms with Gasteiger partial charge in [-0.05, 0) is 0 Å². The van der Waals surface area contributed by atoms with Crippen molar-refractivity contribution in [1.82, 2.24) is 0 Å². The Bertz CT molecular complexity index is 89.1. The number of hydrogen-bond donors (Lipinski definition) is 2. The van der Waals surface area contributed by atoms with Gasteiger partial charge >= 0.3 is 58.0 Å². The molecule has 0 aromatic rings. The van der Waals surface area contributed by atoms with E-state index >= 15 is 0 Å². The summed E-state index contributed by atoms with van der Waals surface area (Å²) in [4.78, 5) is 18.2. The summed E-state index contributed by atoms with van der Waals surface area (Å²) in [7, 11) is 0. The topological polar surface area (TPSA) is 74.6 Å². The van der Waals surface area contributed by atoms with Crippen molar-refractivity contribution in [2.75, 3.05) is 0 Å². The standard InChI is InChI=1S/C2H2O4.2Mg.4H/c3-1(4)2(5)6;;;;;;/h(H,3,4)(H,5,6);;;;;;/q;2*+2;4*-1. The first-order valence-electron chi connectivity index (χ1n) is 1.11. The smallest absolute Gasteiger partial charge is 1.00 e. The van der Waals surface area contributed by atoms with Gasteiger partial charge in [-0.3, -0.25) is 0 Å². The molecular weight excluding hydrogens is 137 g/mol. The van der Waals surface area contributed by atoms with Gasteiger partial charge in [0.25, 0.3) is 0 Å². The van der Waals surface area contributed by atoms with E-state index in [9.17, 15) is 0 Å². The SMILES string of the molecule is O=C(O)C(=O)O.[H-].[H-].[H-].[H-].[Mg+2].[Mg+2]. The summed E-state index contributed by atoms with van der Waals surface area (Å²) in [5.41, 5.74) is 0. The van der Waals surface area contributed by atoms with Crippen molar-refractivity contribution < 1.29 is 25.5 Å². The molecule has 42 valence electrons. The molecule has 0 rings (SSSR count). The van der Waals surface area contributed by atoms with Gasteiger partial charge in [-0.15, -0.1) is 0 Å². The van der Waals surface area contributed by atoms with E-state index in [1.54, 1.807) is 0 Å². The molecule has 8 heavy (non-hydrogen) atoms. The number of carboxylic acids is 2. The predicted octanol–water partition coefficient (Wildman–Crippen LogP) is -1.16. The molecule has 0 aromatic heterocycles. The second kappa shape index (κ2) is 7.47. The van der Waals surface area contributed by atoms with Crippen LogP contribution in [0.2, 0.25) is 0 Å². The Hall–Kier alpha value is 0.472. The van der Waals surface area contributed by atoms with Crippen LogP contribution in [0.1, 0.15) is 5.71 Å². The molecule has 0 aliphatic heterocycles. The van der Waals surface area contributed by atoms with Gasteiger partial charge in [-0.1, -0.05) is 0 Å². The van der Waals surface area contributed by atoms with Crippen LogP contribution in [0, 0.1) is 0 Å². The van der Waals surface area contributed by atoms with Crippen molar-refractivity contribution in [3.05, 3.63) is 0 Å². The fraction of sp³-hybridized carbons (Fsp3) is 0. The van der Waals surface area contributed by atoms with E-state index in [-0.39, 0.29) is 51.8 Å². The van der Waals surface area contributed by atoms with E-state index in [0.717, 1.165) is 0 Å². The average Bonchev–Trinajstić information content (AvgIpc) is 1.36. The summed E-state index contributed by atoms with van der Waals surface area (Å²) in [6.07, 6.45) is 0. The van der Waals surface area contributed by atoms with Crippen molar-refractivity contribution >= 4 is 58.0 Å². The Kier molecular flexibility index (Phi) is 14.8. The van der Waals surface area contributed by atoms with Crippen molar-refractivity contribution in [3.63, 3.8) is 0 Å². The normalized spacial score (nSPS) is 5.50. The van der Waals surface area contributed by atoms with Crippen LogP contribution in [0.5, 0.6) is 0 Å². The van der Waals surface area contributed by atoms with E-state index in [0.29, 0.717) is 0 Å². The third-order valence-corrected chi connectivity index (χ3v) is 0.183. The number of hydrogen-bond acceptors (Lipinski definition) is 2. The van der Waals surface area contributed by atoms with Crippen molar-refractivity contribution in [2.45, 2.75) is 0 Å². The summed E-state index contributed by atoms with van der Waals surface area (Å²) in [6, 6.07) is 0. The molecule has 6 heteroatoms. The van der Waals surface area contributed by atoms with Crippen molar-refractivity contribution in [2.24, 2.45) is 0 Å². The molecule has 0 fully saturated rings. The second-order valence-corrected chi connectivity index (χ2v) is 0.610. The van der Waals surface area contributed by atoms with Crippen LogP contribution in [0.4, 0.5) is 0 Å². The predicted molar refractivity (Wildman–Crippen MR) is 31.2 cm³/mol. The summed E-state index contributed by atoms with van der Waals surface area (Å²) in [6.45, 7) is 0. The average molecular weight is 143 g/mol. The summed E-state index contributed by atoms with van der Waals surface area (Å²) < 4.78 is 0. The molecule has 0 aliphatic carbocycles. The van der Waals surface area contributed by atoms with Crippen molar-refractivity contribution in [1.29, 1.82) is 0 Å². The fourth-order valence-corrected chi connectivity index (χ4v) is 0. The van der Waals surface area contributed by atoms with Crippen LogP contribution in [0.25, 0.3) is 0 Å². The van der Waals surface area contributed by atoms with Gasteiger partial charge in [0.2, 0.25) is 0 Å². The van der Waals surface area contributed by atoms with Gasteiger partial charge in [0.1, 0.15) is 0 Å². The van der Waals surface area contributed by atoms with Crippen LogP contribution in [0.15, 0.2) is 0 Å². The molecular formula is C2H6Mg2O4. The Morgan fingerprint density at radius 3 is 1.12 bits per heavy atom. The third kappa shape index (κ3) is 9.69. The largest absolute Gasteiger partial charge is 2.00 e. The summed E-state index contributed by atoms with van der Waals surface area (Å²) in [5.74, 6) is -3.65. The Morgan fingerprint density at radius 1 is 1.00 bits per heavy atom. The van der Waals surface area contributed by atoms with Crippen LogP contribution in [0.3, 0.4) is 0 Å². The molecule has 0 aromatic carbocycles. The van der Waals surface area contributed by atoms with E-state index in [1.807, 2.05) is 0 Å². The molecule has 0 aliphatic rings. The van der Waals surface area contributed by atoms with Gasteiger partial charge < -0.3 is 15.9 Å². The maximum Gasteiger partial charge on any atom is 2.00 e. The molecule has 0 radical (unpaired) electrons. The first-order valence-corrected chi connectivity index (χ1v) is 1.11. The molecule has 0 bridgehead atoms. The van der Waals surface area contributed by atoms with Crippen LogP contribution in [-0.4, -0.2) is 68.3 Å².